The number of halogens is 2. The fraction of sp³-hybridized carbons (Fsp3) is 0.462. The zero-order chi connectivity index (χ0) is 16.4. The summed E-state index contributed by atoms with van der Waals surface area (Å²) in [4.78, 5) is 10.6. The number of hydrogen-bond donors (Lipinski definition) is 1. The Bertz CT molecular complexity index is 618. The maximum absolute atomic E-state index is 13.6. The highest BCUT2D eigenvalue weighted by Crippen LogP contribution is 2.24. The smallest absolute Gasteiger partial charge is 0.324 e. The van der Waals surface area contributed by atoms with Crippen molar-refractivity contribution in [2.45, 2.75) is 31.7 Å². The van der Waals surface area contributed by atoms with Crippen molar-refractivity contribution in [1.29, 1.82) is 0 Å². The summed E-state index contributed by atoms with van der Waals surface area (Å²) in [6.07, 6.45) is 0. The summed E-state index contributed by atoms with van der Waals surface area (Å²) in [7, 11) is -3.46. The maximum atomic E-state index is 13.6. The van der Waals surface area contributed by atoms with Gasteiger partial charge in [0.15, 0.2) is 4.90 Å². The number of carbonyl (C=O) groups is 1. The third-order valence-corrected chi connectivity index (χ3v) is 4.24. The van der Waals surface area contributed by atoms with Crippen molar-refractivity contribution in [2.75, 3.05) is 7.11 Å². The molecular weight excluding hydrogens is 304 g/mol. The van der Waals surface area contributed by atoms with E-state index >= 15 is 0 Å². The molecule has 0 bridgehead atoms. The van der Waals surface area contributed by atoms with Crippen LogP contribution in [-0.2, 0) is 19.6 Å². The highest BCUT2D eigenvalue weighted by molar-refractivity contribution is 7.89. The fourth-order valence-corrected chi connectivity index (χ4v) is 3.18. The molecule has 21 heavy (non-hydrogen) atoms. The van der Waals surface area contributed by atoms with Crippen molar-refractivity contribution < 1.29 is 26.7 Å². The quantitative estimate of drug-likeness (QED) is 0.859. The van der Waals surface area contributed by atoms with Gasteiger partial charge < -0.3 is 4.74 Å². The van der Waals surface area contributed by atoms with Crippen LogP contribution in [0.15, 0.2) is 23.1 Å². The lowest BCUT2D eigenvalue weighted by Gasteiger charge is -2.28. The van der Waals surface area contributed by atoms with Crippen LogP contribution in [-0.4, -0.2) is 27.5 Å². The number of benzene rings is 1. The van der Waals surface area contributed by atoms with E-state index in [1.807, 2.05) is 4.72 Å². The van der Waals surface area contributed by atoms with Crippen molar-refractivity contribution >= 4 is 16.0 Å². The van der Waals surface area contributed by atoms with Gasteiger partial charge in [-0.3, -0.25) is 4.79 Å². The number of sulfonamides is 1. The van der Waals surface area contributed by atoms with Crippen LogP contribution >= 0.6 is 0 Å². The van der Waals surface area contributed by atoms with Crippen LogP contribution in [0.1, 0.15) is 20.8 Å². The van der Waals surface area contributed by atoms with Crippen molar-refractivity contribution in [3.63, 3.8) is 0 Å². The van der Waals surface area contributed by atoms with Crippen LogP contribution in [0.3, 0.4) is 0 Å². The fourth-order valence-electron chi connectivity index (χ4n) is 1.65. The molecule has 1 atom stereocenters. The summed E-state index contributed by atoms with van der Waals surface area (Å²) in [6, 6.07) is 1.40. The van der Waals surface area contributed by atoms with E-state index in [9.17, 15) is 22.0 Å². The lowest BCUT2D eigenvalue weighted by Crippen LogP contribution is -2.49. The molecule has 0 aromatic heterocycles. The van der Waals surface area contributed by atoms with Crippen molar-refractivity contribution in [2.24, 2.45) is 5.41 Å². The summed E-state index contributed by atoms with van der Waals surface area (Å²) in [5.41, 5.74) is -0.845. The number of hydrogen-bond acceptors (Lipinski definition) is 4. The highest BCUT2D eigenvalue weighted by atomic mass is 32.2. The normalized spacial score (nSPS) is 13.8. The summed E-state index contributed by atoms with van der Waals surface area (Å²) in [6.45, 7) is 4.78. The van der Waals surface area contributed by atoms with Gasteiger partial charge in [0.2, 0.25) is 10.0 Å². The Balaban J connectivity index is 3.28. The molecule has 1 aromatic rings. The Morgan fingerprint density at radius 2 is 1.71 bits per heavy atom. The number of methoxy groups -OCH3 is 1. The number of esters is 1. The summed E-state index contributed by atoms with van der Waals surface area (Å²) < 4.78 is 58.0. The van der Waals surface area contributed by atoms with E-state index in [-0.39, 0.29) is 0 Å². The van der Waals surface area contributed by atoms with Gasteiger partial charge in [-0.25, -0.2) is 17.2 Å². The second-order valence-corrected chi connectivity index (χ2v) is 7.15. The Morgan fingerprint density at radius 3 is 2.10 bits per heavy atom. The summed E-state index contributed by atoms with van der Waals surface area (Å²) >= 11 is 0. The molecular formula is C13H17F2NO4S. The molecule has 0 spiro atoms. The zero-order valence-electron chi connectivity index (χ0n) is 12.1. The Labute approximate surface area is 122 Å². The molecule has 0 saturated carbocycles. The molecule has 0 saturated heterocycles. The molecule has 0 aliphatic heterocycles. The Hall–Kier alpha value is -1.54. The largest absolute Gasteiger partial charge is 0.468 e. The highest BCUT2D eigenvalue weighted by Gasteiger charge is 2.37. The molecule has 0 heterocycles. The average molecular weight is 321 g/mol. The van der Waals surface area contributed by atoms with E-state index in [2.05, 4.69) is 4.74 Å². The Morgan fingerprint density at radius 1 is 1.24 bits per heavy atom. The molecule has 118 valence electrons. The predicted octanol–water partition coefficient (Wildman–Crippen LogP) is 1.83. The van der Waals surface area contributed by atoms with Gasteiger partial charge in [-0.1, -0.05) is 26.8 Å². The van der Waals surface area contributed by atoms with Crippen LogP contribution in [0.4, 0.5) is 8.78 Å². The van der Waals surface area contributed by atoms with E-state index in [1.165, 1.54) is 0 Å². The average Bonchev–Trinajstić information content (AvgIpc) is 2.33. The first-order valence-electron chi connectivity index (χ1n) is 6.05. The van der Waals surface area contributed by atoms with Crippen molar-refractivity contribution in [3.8, 4) is 0 Å². The molecule has 5 nitrogen and oxygen atoms in total. The van der Waals surface area contributed by atoms with Crippen LogP contribution in [0.2, 0.25) is 0 Å². The van der Waals surface area contributed by atoms with Gasteiger partial charge in [-0.2, -0.15) is 4.72 Å². The summed E-state index contributed by atoms with van der Waals surface area (Å²) in [5, 5.41) is 0. The van der Waals surface area contributed by atoms with E-state index in [0.29, 0.717) is 0 Å². The third-order valence-electron chi connectivity index (χ3n) is 2.76. The second kappa shape index (κ2) is 6.07. The van der Waals surface area contributed by atoms with Gasteiger partial charge in [-0.05, 0) is 17.5 Å². The summed E-state index contributed by atoms with van der Waals surface area (Å²) in [5.74, 6) is -3.32. The monoisotopic (exact) mass is 321 g/mol. The van der Waals surface area contributed by atoms with Gasteiger partial charge in [-0.15, -0.1) is 0 Å². The number of rotatable bonds is 4. The molecule has 0 amide bonds. The minimum atomic E-state index is -4.56. The second-order valence-electron chi connectivity index (χ2n) is 5.49. The predicted molar refractivity (Wildman–Crippen MR) is 71.9 cm³/mol. The molecule has 0 radical (unpaired) electrons. The first-order valence-corrected chi connectivity index (χ1v) is 7.53. The van der Waals surface area contributed by atoms with Gasteiger partial charge in [0.1, 0.15) is 17.7 Å². The third kappa shape index (κ3) is 3.98. The molecule has 0 aliphatic carbocycles. The van der Waals surface area contributed by atoms with E-state index in [0.717, 1.165) is 25.3 Å². The van der Waals surface area contributed by atoms with Crippen LogP contribution in [0.25, 0.3) is 0 Å². The standard InChI is InChI=1S/C13H17F2NO4S/c1-13(2,3)11(12(17)20-4)16-21(18,19)10-8(14)6-5-7-9(10)15/h5-7,11,16H,1-4H3. The SMILES string of the molecule is COC(=O)C(NS(=O)(=O)c1c(F)cccc1F)C(C)(C)C. The minimum Gasteiger partial charge on any atom is -0.468 e. The topological polar surface area (TPSA) is 72.5 Å². The van der Waals surface area contributed by atoms with Crippen molar-refractivity contribution in [3.05, 3.63) is 29.8 Å². The van der Waals surface area contributed by atoms with Gasteiger partial charge in [0.05, 0.1) is 7.11 Å². The zero-order valence-corrected chi connectivity index (χ0v) is 12.9. The van der Waals surface area contributed by atoms with Gasteiger partial charge in [0.25, 0.3) is 0 Å². The number of nitrogens with one attached hydrogen (secondary N) is 1. The molecule has 8 heteroatoms. The molecule has 1 N–H and O–H groups in total. The lowest BCUT2D eigenvalue weighted by atomic mass is 9.87. The molecule has 1 rings (SSSR count). The van der Waals surface area contributed by atoms with E-state index in [1.54, 1.807) is 20.8 Å². The minimum absolute atomic E-state index is 0.821. The van der Waals surface area contributed by atoms with Crippen LogP contribution < -0.4 is 4.72 Å². The molecule has 0 fully saturated rings. The first kappa shape index (κ1) is 17.5. The number of ether oxygens (including phenoxy) is 1. The maximum Gasteiger partial charge on any atom is 0.324 e. The number of carbonyl (C=O) groups excluding carboxylic acids is 1. The first-order chi connectivity index (χ1) is 9.50. The van der Waals surface area contributed by atoms with Crippen molar-refractivity contribution in [1.82, 2.24) is 4.72 Å². The molecule has 0 aliphatic rings. The van der Waals surface area contributed by atoms with Crippen LogP contribution in [0.5, 0.6) is 0 Å². The van der Waals surface area contributed by atoms with E-state index in [4.69, 9.17) is 0 Å². The molecule has 1 aromatic carbocycles. The van der Waals surface area contributed by atoms with Crippen LogP contribution in [0, 0.1) is 17.0 Å². The van der Waals surface area contributed by atoms with Gasteiger partial charge >= 0.3 is 5.97 Å². The lowest BCUT2D eigenvalue weighted by molar-refractivity contribution is -0.145. The van der Waals surface area contributed by atoms with Gasteiger partial charge in [0, 0.05) is 0 Å². The van der Waals surface area contributed by atoms with E-state index < -0.39 is 44.0 Å². The Kier molecular flexibility index (Phi) is 5.06. The molecule has 1 unspecified atom stereocenters.